The summed E-state index contributed by atoms with van der Waals surface area (Å²) in [6, 6.07) is 8.35. The van der Waals surface area contributed by atoms with Gasteiger partial charge in [-0.2, -0.15) is 13.2 Å². The van der Waals surface area contributed by atoms with E-state index in [0.717, 1.165) is 17.7 Å². The quantitative estimate of drug-likeness (QED) is 0.552. The fourth-order valence-electron chi connectivity index (χ4n) is 2.66. The van der Waals surface area contributed by atoms with Crippen molar-refractivity contribution in [2.45, 2.75) is 32.1 Å². The average Bonchev–Trinajstić information content (AvgIpc) is 2.60. The average molecular weight is 417 g/mol. The zero-order valence-electron chi connectivity index (χ0n) is 15.0. The number of non-ortho nitro benzene ring substituents is 1. The minimum Gasteiger partial charge on any atom is -0.330 e. The number of halogens is 4. The molecule has 10 heteroatoms. The van der Waals surface area contributed by atoms with Crippen LogP contribution in [0.15, 0.2) is 42.5 Å². The Hall–Kier alpha value is -2.65. The first kappa shape index (κ1) is 21.6. The van der Waals surface area contributed by atoms with Crippen molar-refractivity contribution in [1.82, 2.24) is 0 Å². The largest absolute Gasteiger partial charge is 0.418 e. The van der Waals surface area contributed by atoms with Crippen molar-refractivity contribution >= 4 is 28.9 Å². The van der Waals surface area contributed by atoms with E-state index in [0.29, 0.717) is 11.1 Å². The maximum absolute atomic E-state index is 13.2. The van der Waals surface area contributed by atoms with Gasteiger partial charge in [-0.15, -0.1) is 0 Å². The van der Waals surface area contributed by atoms with Crippen molar-refractivity contribution in [2.75, 3.05) is 5.32 Å². The van der Waals surface area contributed by atoms with Gasteiger partial charge in [0.2, 0.25) is 0 Å². The summed E-state index contributed by atoms with van der Waals surface area (Å²) in [7, 11) is 0. The lowest BCUT2D eigenvalue weighted by Crippen LogP contribution is -2.91. The van der Waals surface area contributed by atoms with Gasteiger partial charge < -0.3 is 10.6 Å². The first-order chi connectivity index (χ1) is 13.0. The van der Waals surface area contributed by atoms with Crippen molar-refractivity contribution in [3.8, 4) is 0 Å². The predicted octanol–water partition coefficient (Wildman–Crippen LogP) is 3.92. The molecule has 3 N–H and O–H groups in total. The van der Waals surface area contributed by atoms with E-state index in [1.54, 1.807) is 30.4 Å². The number of nitrogens with one attached hydrogen (secondary N) is 1. The molecule has 0 bridgehead atoms. The van der Waals surface area contributed by atoms with Crippen LogP contribution in [-0.2, 0) is 11.0 Å². The second-order valence-electron chi connectivity index (χ2n) is 6.30. The normalized spacial score (nSPS) is 13.6. The number of alkyl halides is 3. The first-order valence-corrected chi connectivity index (χ1v) is 8.63. The van der Waals surface area contributed by atoms with Gasteiger partial charge in [0.25, 0.3) is 11.6 Å². The lowest BCUT2D eigenvalue weighted by molar-refractivity contribution is -0.709. The Morgan fingerprint density at radius 1 is 1.21 bits per heavy atom. The molecule has 1 amide bonds. The third-order valence-corrected chi connectivity index (χ3v) is 4.38. The topological polar surface area (TPSA) is 88.8 Å². The number of hydrogen-bond donors (Lipinski definition) is 2. The highest BCUT2D eigenvalue weighted by molar-refractivity contribution is 6.30. The maximum Gasteiger partial charge on any atom is 0.418 e. The molecule has 0 saturated carbocycles. The van der Waals surface area contributed by atoms with Crippen LogP contribution in [0.25, 0.3) is 0 Å². The smallest absolute Gasteiger partial charge is 0.330 e. The molecule has 2 aromatic rings. The van der Waals surface area contributed by atoms with Gasteiger partial charge in [0, 0.05) is 22.7 Å². The van der Waals surface area contributed by atoms with Crippen LogP contribution in [-0.4, -0.2) is 16.9 Å². The number of nitro benzene ring substituents is 1. The molecule has 2 rings (SSSR count). The number of hydrogen-bond acceptors (Lipinski definition) is 3. The molecule has 0 aromatic heterocycles. The minimum atomic E-state index is -4.85. The molecule has 0 saturated heterocycles. The van der Waals surface area contributed by atoms with Gasteiger partial charge >= 0.3 is 6.18 Å². The number of carbonyl (C=O) groups excluding carboxylic acids is 1. The summed E-state index contributed by atoms with van der Waals surface area (Å²) in [5.41, 5.74) is -1.65. The Bertz CT molecular complexity index is 890. The number of amides is 1. The third kappa shape index (κ3) is 5.43. The van der Waals surface area contributed by atoms with Gasteiger partial charge in [0.05, 0.1) is 16.2 Å². The molecule has 0 fully saturated rings. The number of carbonyl (C=O) groups is 1. The molecule has 2 atom stereocenters. The summed E-state index contributed by atoms with van der Waals surface area (Å²) in [4.78, 5) is 22.2. The Morgan fingerprint density at radius 2 is 1.89 bits per heavy atom. The van der Waals surface area contributed by atoms with E-state index < -0.39 is 40.0 Å². The standard InChI is InChI=1S/C18H17ClF3N3O3/c1-10(12-4-3-5-13(19)8-12)23-11(2)17(26)24-16-7-6-14(25(27)28)9-15(16)18(20,21)22/h3-11,23H,1-2H3,(H,24,26)/p+1/t10-,11-/m0/s1. The molecule has 0 spiro atoms. The van der Waals surface area contributed by atoms with Gasteiger partial charge in [-0.3, -0.25) is 14.9 Å². The van der Waals surface area contributed by atoms with Gasteiger partial charge in [-0.1, -0.05) is 23.7 Å². The summed E-state index contributed by atoms with van der Waals surface area (Å²) in [6.45, 7) is 3.39. The highest BCUT2D eigenvalue weighted by Crippen LogP contribution is 2.37. The van der Waals surface area contributed by atoms with E-state index in [-0.39, 0.29) is 6.04 Å². The molecule has 2 aromatic carbocycles. The van der Waals surface area contributed by atoms with Gasteiger partial charge in [0.1, 0.15) is 6.04 Å². The SMILES string of the molecule is C[C@H]([NH2+][C@@H](C)c1cccc(Cl)c1)C(=O)Nc1ccc([N+](=O)[O-])cc1C(F)(F)F. The molecule has 0 radical (unpaired) electrons. The van der Waals surface area contributed by atoms with Crippen molar-refractivity contribution in [2.24, 2.45) is 0 Å². The molecule has 0 aliphatic heterocycles. The van der Waals surface area contributed by atoms with Crippen LogP contribution in [0.1, 0.15) is 31.0 Å². The summed E-state index contributed by atoms with van der Waals surface area (Å²) in [5, 5.41) is 15.2. The molecule has 150 valence electrons. The number of benzene rings is 2. The van der Waals surface area contributed by atoms with E-state index in [1.807, 2.05) is 13.0 Å². The molecule has 0 unspecified atom stereocenters. The molecule has 0 aliphatic rings. The number of anilines is 1. The van der Waals surface area contributed by atoms with Gasteiger partial charge in [-0.05, 0) is 32.0 Å². The van der Waals surface area contributed by atoms with Crippen molar-refractivity contribution in [3.05, 3.63) is 68.7 Å². The van der Waals surface area contributed by atoms with E-state index in [2.05, 4.69) is 5.32 Å². The summed E-state index contributed by atoms with van der Waals surface area (Å²) in [5.74, 6) is -0.659. The molecule has 6 nitrogen and oxygen atoms in total. The first-order valence-electron chi connectivity index (χ1n) is 8.26. The summed E-state index contributed by atoms with van der Waals surface area (Å²) in [6.07, 6.45) is -4.85. The fraction of sp³-hybridized carbons (Fsp3) is 0.278. The third-order valence-electron chi connectivity index (χ3n) is 4.14. The predicted molar refractivity (Wildman–Crippen MR) is 98.0 cm³/mol. The molecule has 0 heterocycles. The monoisotopic (exact) mass is 416 g/mol. The van der Waals surface area contributed by atoms with Crippen LogP contribution in [0.3, 0.4) is 0 Å². The van der Waals surface area contributed by atoms with Crippen LogP contribution in [0.4, 0.5) is 24.5 Å². The van der Waals surface area contributed by atoms with Crippen molar-refractivity contribution < 1.29 is 28.2 Å². The Morgan fingerprint density at radius 3 is 2.46 bits per heavy atom. The van der Waals surface area contributed by atoms with Crippen molar-refractivity contribution in [1.29, 1.82) is 0 Å². The number of nitro groups is 1. The Balaban J connectivity index is 2.16. The van der Waals surface area contributed by atoms with Gasteiger partial charge in [0.15, 0.2) is 6.04 Å². The molecule has 28 heavy (non-hydrogen) atoms. The lowest BCUT2D eigenvalue weighted by Gasteiger charge is -2.18. The van der Waals surface area contributed by atoms with Crippen LogP contribution in [0.5, 0.6) is 0 Å². The summed E-state index contributed by atoms with van der Waals surface area (Å²) >= 11 is 5.94. The lowest BCUT2D eigenvalue weighted by atomic mass is 10.1. The highest BCUT2D eigenvalue weighted by atomic mass is 35.5. The number of quaternary nitrogens is 1. The van der Waals surface area contributed by atoms with E-state index in [4.69, 9.17) is 11.6 Å². The van der Waals surface area contributed by atoms with E-state index >= 15 is 0 Å². The van der Waals surface area contributed by atoms with Crippen LogP contribution >= 0.6 is 11.6 Å². The second-order valence-corrected chi connectivity index (χ2v) is 6.74. The zero-order chi connectivity index (χ0) is 21.1. The molecular formula is C18H18ClF3N3O3+. The maximum atomic E-state index is 13.2. The van der Waals surface area contributed by atoms with E-state index in [9.17, 15) is 28.1 Å². The number of rotatable bonds is 6. The number of nitrogens with two attached hydrogens (primary N) is 1. The van der Waals surface area contributed by atoms with Crippen LogP contribution in [0.2, 0.25) is 5.02 Å². The van der Waals surface area contributed by atoms with Crippen molar-refractivity contribution in [3.63, 3.8) is 0 Å². The minimum absolute atomic E-state index is 0.168. The Labute approximate surface area is 163 Å². The second kappa shape index (κ2) is 8.57. The highest BCUT2D eigenvalue weighted by Gasteiger charge is 2.36. The Kier molecular flexibility index (Phi) is 6.63. The number of nitrogens with zero attached hydrogens (tertiary/aromatic N) is 1. The fourth-order valence-corrected chi connectivity index (χ4v) is 2.86. The molecular weight excluding hydrogens is 399 g/mol. The van der Waals surface area contributed by atoms with Crippen LogP contribution < -0.4 is 10.6 Å². The zero-order valence-corrected chi connectivity index (χ0v) is 15.7. The van der Waals surface area contributed by atoms with Gasteiger partial charge in [-0.25, -0.2) is 0 Å². The van der Waals surface area contributed by atoms with Crippen LogP contribution in [0, 0.1) is 10.1 Å². The molecule has 0 aliphatic carbocycles. The van der Waals surface area contributed by atoms with E-state index in [1.165, 1.54) is 0 Å². The summed E-state index contributed by atoms with van der Waals surface area (Å²) < 4.78 is 39.7.